The van der Waals surface area contributed by atoms with Crippen LogP contribution >= 0.6 is 0 Å². The lowest BCUT2D eigenvalue weighted by molar-refractivity contribution is 0.0690. The first-order chi connectivity index (χ1) is 8.16. The maximum Gasteiger partial charge on any atom is 0.354 e. The van der Waals surface area contributed by atoms with E-state index in [-0.39, 0.29) is 23.3 Å². The summed E-state index contributed by atoms with van der Waals surface area (Å²) in [6.45, 7) is 0. The highest BCUT2D eigenvalue weighted by molar-refractivity contribution is 5.94. The van der Waals surface area contributed by atoms with Crippen molar-refractivity contribution in [1.82, 2.24) is 10.3 Å². The number of aromatic carboxylic acids is 1. The van der Waals surface area contributed by atoms with Crippen LogP contribution in [0.25, 0.3) is 0 Å². The van der Waals surface area contributed by atoms with E-state index in [2.05, 4.69) is 10.3 Å². The van der Waals surface area contributed by atoms with Crippen molar-refractivity contribution in [2.75, 3.05) is 0 Å². The molecule has 5 nitrogen and oxygen atoms in total. The zero-order valence-electron chi connectivity index (χ0n) is 9.09. The molecule has 0 radical (unpaired) electrons. The Balaban J connectivity index is 2.08. The summed E-state index contributed by atoms with van der Waals surface area (Å²) in [5.74, 6) is -1.47. The molecule has 17 heavy (non-hydrogen) atoms. The molecule has 0 fully saturated rings. The van der Waals surface area contributed by atoms with Crippen molar-refractivity contribution in [2.24, 2.45) is 0 Å². The second-order valence-corrected chi connectivity index (χ2v) is 3.83. The summed E-state index contributed by atoms with van der Waals surface area (Å²) in [7, 11) is 0. The quantitative estimate of drug-likeness (QED) is 0.768. The average molecular weight is 232 g/mol. The predicted octanol–water partition coefficient (Wildman–Crippen LogP) is 1.23. The maximum absolute atomic E-state index is 11.8. The lowest BCUT2D eigenvalue weighted by atomic mass is 10.2. The molecule has 1 heterocycles. The Hall–Kier alpha value is -2.17. The first kappa shape index (κ1) is 11.3. The van der Waals surface area contributed by atoms with Crippen molar-refractivity contribution in [1.29, 1.82) is 0 Å². The molecule has 1 aromatic heterocycles. The number of nitrogens with one attached hydrogen (secondary N) is 1. The number of carboxylic acids is 1. The summed E-state index contributed by atoms with van der Waals surface area (Å²) in [4.78, 5) is 26.3. The normalized spacial score (nSPS) is 14.8. The zero-order chi connectivity index (χ0) is 12.3. The predicted molar refractivity (Wildman–Crippen MR) is 60.8 cm³/mol. The largest absolute Gasteiger partial charge is 0.477 e. The number of carboxylic acid groups (broad SMARTS) is 1. The molecule has 1 amide bonds. The van der Waals surface area contributed by atoms with Crippen LogP contribution in [0.5, 0.6) is 0 Å². The third kappa shape index (κ3) is 2.69. The van der Waals surface area contributed by atoms with Crippen molar-refractivity contribution in [3.63, 3.8) is 0 Å². The third-order valence-corrected chi connectivity index (χ3v) is 2.54. The summed E-state index contributed by atoms with van der Waals surface area (Å²) < 4.78 is 0. The number of aromatic nitrogens is 1. The minimum absolute atomic E-state index is 0.0952. The van der Waals surface area contributed by atoms with E-state index in [1.807, 2.05) is 12.2 Å². The van der Waals surface area contributed by atoms with Crippen LogP contribution in [0.2, 0.25) is 0 Å². The van der Waals surface area contributed by atoms with Crippen molar-refractivity contribution < 1.29 is 14.7 Å². The van der Waals surface area contributed by atoms with Crippen LogP contribution < -0.4 is 5.32 Å². The number of carbonyl (C=O) groups excluding carboxylic acids is 1. The van der Waals surface area contributed by atoms with Gasteiger partial charge in [-0.15, -0.1) is 0 Å². The van der Waals surface area contributed by atoms with E-state index in [1.54, 1.807) is 0 Å². The van der Waals surface area contributed by atoms with Crippen molar-refractivity contribution in [3.8, 4) is 0 Å². The molecule has 5 heteroatoms. The van der Waals surface area contributed by atoms with Gasteiger partial charge in [0.1, 0.15) is 11.4 Å². The fourth-order valence-corrected chi connectivity index (χ4v) is 1.67. The lowest BCUT2D eigenvalue weighted by Gasteiger charge is -2.11. The molecule has 0 spiro atoms. The number of amides is 1. The average Bonchev–Trinajstić information content (AvgIpc) is 2.82. The Kier molecular flexibility index (Phi) is 3.18. The molecule has 0 saturated heterocycles. The van der Waals surface area contributed by atoms with E-state index in [9.17, 15) is 9.59 Å². The molecule has 2 rings (SSSR count). The van der Waals surface area contributed by atoms with Gasteiger partial charge in [-0.3, -0.25) is 4.79 Å². The molecule has 0 atom stereocenters. The van der Waals surface area contributed by atoms with Gasteiger partial charge < -0.3 is 10.4 Å². The highest BCUT2D eigenvalue weighted by atomic mass is 16.4. The first-order valence-corrected chi connectivity index (χ1v) is 5.33. The molecule has 0 aliphatic heterocycles. The number of hydrogen-bond donors (Lipinski definition) is 2. The van der Waals surface area contributed by atoms with E-state index in [4.69, 9.17) is 5.11 Å². The van der Waals surface area contributed by atoms with Crippen LogP contribution in [0.15, 0.2) is 30.4 Å². The molecule has 2 N–H and O–H groups in total. The van der Waals surface area contributed by atoms with Gasteiger partial charge in [0, 0.05) is 6.04 Å². The van der Waals surface area contributed by atoms with E-state index in [0.29, 0.717) is 0 Å². The Morgan fingerprint density at radius 3 is 2.53 bits per heavy atom. The summed E-state index contributed by atoms with van der Waals surface area (Å²) in [5.41, 5.74) is 0.0130. The van der Waals surface area contributed by atoms with E-state index >= 15 is 0 Å². The van der Waals surface area contributed by atoms with Crippen LogP contribution in [-0.2, 0) is 0 Å². The standard InChI is InChI=1S/C12H12N2O3/c15-11(13-8-4-1-2-5-8)9-6-3-7-10(14-9)12(16)17/h1-3,6-8H,4-5H2,(H,13,15)(H,16,17). The number of rotatable bonds is 3. The van der Waals surface area contributed by atoms with E-state index < -0.39 is 5.97 Å². The monoisotopic (exact) mass is 232 g/mol. The molecule has 88 valence electrons. The Bertz CT molecular complexity index is 474. The van der Waals surface area contributed by atoms with Gasteiger partial charge in [-0.2, -0.15) is 0 Å². The molecule has 1 aliphatic rings. The molecular weight excluding hydrogens is 220 g/mol. The summed E-state index contributed by atoms with van der Waals surface area (Å²) >= 11 is 0. The number of hydrogen-bond acceptors (Lipinski definition) is 3. The number of nitrogens with zero attached hydrogens (tertiary/aromatic N) is 1. The summed E-state index contributed by atoms with van der Waals surface area (Å²) in [5, 5.41) is 11.6. The first-order valence-electron chi connectivity index (χ1n) is 5.33. The van der Waals surface area contributed by atoms with Crippen LogP contribution in [0.1, 0.15) is 33.8 Å². The number of pyridine rings is 1. The van der Waals surface area contributed by atoms with Crippen molar-refractivity contribution >= 4 is 11.9 Å². The van der Waals surface area contributed by atoms with Gasteiger partial charge in [-0.25, -0.2) is 9.78 Å². The molecule has 0 aromatic carbocycles. The minimum Gasteiger partial charge on any atom is -0.477 e. The van der Waals surface area contributed by atoms with Gasteiger partial charge in [0.25, 0.3) is 5.91 Å². The van der Waals surface area contributed by atoms with Gasteiger partial charge in [0.2, 0.25) is 0 Å². The van der Waals surface area contributed by atoms with Gasteiger partial charge in [0.05, 0.1) is 0 Å². The SMILES string of the molecule is O=C(O)c1cccc(C(=O)NC2CC=CC2)n1. The van der Waals surface area contributed by atoms with Crippen molar-refractivity contribution in [3.05, 3.63) is 41.7 Å². The van der Waals surface area contributed by atoms with Crippen LogP contribution in [0.3, 0.4) is 0 Å². The molecule has 0 saturated carbocycles. The molecule has 1 aromatic rings. The van der Waals surface area contributed by atoms with Gasteiger partial charge in [-0.1, -0.05) is 18.2 Å². The highest BCUT2D eigenvalue weighted by Crippen LogP contribution is 2.10. The van der Waals surface area contributed by atoms with Crippen LogP contribution in [0, 0.1) is 0 Å². The maximum atomic E-state index is 11.8. The Labute approximate surface area is 98.2 Å². The fraction of sp³-hybridized carbons (Fsp3) is 0.250. The third-order valence-electron chi connectivity index (χ3n) is 2.54. The summed E-state index contributed by atoms with van der Waals surface area (Å²) in [6.07, 6.45) is 5.63. The summed E-state index contributed by atoms with van der Waals surface area (Å²) in [6, 6.07) is 4.47. The van der Waals surface area contributed by atoms with Gasteiger partial charge in [0.15, 0.2) is 0 Å². The molecule has 0 unspecified atom stereocenters. The smallest absolute Gasteiger partial charge is 0.354 e. The highest BCUT2D eigenvalue weighted by Gasteiger charge is 2.16. The molecule has 1 aliphatic carbocycles. The van der Waals surface area contributed by atoms with Crippen molar-refractivity contribution in [2.45, 2.75) is 18.9 Å². The Morgan fingerprint density at radius 2 is 1.88 bits per heavy atom. The lowest BCUT2D eigenvalue weighted by Crippen LogP contribution is -2.33. The number of carbonyl (C=O) groups is 2. The van der Waals surface area contributed by atoms with E-state index in [1.165, 1.54) is 18.2 Å². The zero-order valence-corrected chi connectivity index (χ0v) is 9.09. The minimum atomic E-state index is -1.14. The van der Waals surface area contributed by atoms with Gasteiger partial charge >= 0.3 is 5.97 Å². The fourth-order valence-electron chi connectivity index (χ4n) is 1.67. The van der Waals surface area contributed by atoms with Crippen LogP contribution in [-0.4, -0.2) is 28.0 Å². The Morgan fingerprint density at radius 1 is 1.24 bits per heavy atom. The van der Waals surface area contributed by atoms with Gasteiger partial charge in [-0.05, 0) is 25.0 Å². The van der Waals surface area contributed by atoms with E-state index in [0.717, 1.165) is 12.8 Å². The molecule has 0 bridgehead atoms. The second-order valence-electron chi connectivity index (χ2n) is 3.83. The molecular formula is C12H12N2O3. The topological polar surface area (TPSA) is 79.3 Å². The van der Waals surface area contributed by atoms with Crippen LogP contribution in [0.4, 0.5) is 0 Å². The second kappa shape index (κ2) is 4.78.